The highest BCUT2D eigenvalue weighted by molar-refractivity contribution is 5.87. The Morgan fingerprint density at radius 2 is 1.07 bits per heavy atom. The fraction of sp³-hybridized carbons (Fsp3) is 0.0909. The lowest BCUT2D eigenvalue weighted by Gasteiger charge is -2.13. The van der Waals surface area contributed by atoms with Gasteiger partial charge in [0, 0.05) is 11.1 Å². The Labute approximate surface area is 161 Å². The molecule has 0 aliphatic carbocycles. The Bertz CT molecular complexity index is 1080. The zero-order valence-electron chi connectivity index (χ0n) is 15.4. The predicted octanol–water partition coefficient (Wildman–Crippen LogP) is 4.39. The van der Waals surface area contributed by atoms with E-state index in [2.05, 4.69) is 0 Å². The molecule has 6 nitrogen and oxygen atoms in total. The molecule has 0 unspecified atom stereocenters. The number of aromatic nitrogens is 2. The van der Waals surface area contributed by atoms with Gasteiger partial charge in [-0.25, -0.2) is 9.97 Å². The van der Waals surface area contributed by atoms with Gasteiger partial charge in [-0.2, -0.15) is 0 Å². The van der Waals surface area contributed by atoms with Gasteiger partial charge in [-0.05, 0) is 48.5 Å². The summed E-state index contributed by atoms with van der Waals surface area (Å²) in [6.07, 6.45) is 0. The molecule has 0 atom stereocenters. The van der Waals surface area contributed by atoms with Crippen molar-refractivity contribution in [3.05, 3.63) is 60.7 Å². The van der Waals surface area contributed by atoms with Crippen molar-refractivity contribution in [1.29, 1.82) is 0 Å². The van der Waals surface area contributed by atoms with Crippen LogP contribution in [0.3, 0.4) is 0 Å². The lowest BCUT2D eigenvalue weighted by molar-refractivity contribution is 0.373. The second-order valence-corrected chi connectivity index (χ2v) is 6.18. The molecule has 3 aromatic carbocycles. The Morgan fingerprint density at radius 1 is 0.643 bits per heavy atom. The molecule has 28 heavy (non-hydrogen) atoms. The second-order valence-electron chi connectivity index (χ2n) is 6.18. The van der Waals surface area contributed by atoms with Gasteiger partial charge in [-0.15, -0.1) is 0 Å². The van der Waals surface area contributed by atoms with E-state index < -0.39 is 0 Å². The molecule has 0 radical (unpaired) electrons. The molecule has 0 aliphatic heterocycles. The minimum absolute atomic E-state index is 0.0489. The van der Waals surface area contributed by atoms with Crippen LogP contribution in [0.25, 0.3) is 33.5 Å². The van der Waals surface area contributed by atoms with Crippen molar-refractivity contribution >= 4 is 11.0 Å². The molecule has 140 valence electrons. The highest BCUT2D eigenvalue weighted by Crippen LogP contribution is 2.38. The number of methoxy groups -OCH3 is 2. The number of phenols is 2. The van der Waals surface area contributed by atoms with Gasteiger partial charge >= 0.3 is 0 Å². The number of nitrogens with zero attached hydrogens (tertiary/aromatic N) is 2. The molecule has 0 spiro atoms. The van der Waals surface area contributed by atoms with Crippen LogP contribution in [0.1, 0.15) is 0 Å². The van der Waals surface area contributed by atoms with Crippen molar-refractivity contribution in [2.75, 3.05) is 14.2 Å². The van der Waals surface area contributed by atoms with Gasteiger partial charge in [0.1, 0.15) is 0 Å². The summed E-state index contributed by atoms with van der Waals surface area (Å²) in [5, 5.41) is 19.9. The Balaban J connectivity index is 2.00. The molecule has 0 aliphatic rings. The fourth-order valence-corrected chi connectivity index (χ4v) is 3.05. The van der Waals surface area contributed by atoms with Crippen molar-refractivity contribution in [3.8, 4) is 45.5 Å². The third-order valence-corrected chi connectivity index (χ3v) is 4.48. The van der Waals surface area contributed by atoms with Crippen LogP contribution >= 0.6 is 0 Å². The smallest absolute Gasteiger partial charge is 0.161 e. The topological polar surface area (TPSA) is 84.7 Å². The van der Waals surface area contributed by atoms with E-state index in [-0.39, 0.29) is 11.5 Å². The Hall–Kier alpha value is -3.80. The Kier molecular flexibility index (Phi) is 4.45. The number of phenolic OH excluding ortho intramolecular Hbond substituents is 2. The first-order valence-corrected chi connectivity index (χ1v) is 8.62. The lowest BCUT2D eigenvalue weighted by atomic mass is 10.0. The van der Waals surface area contributed by atoms with E-state index in [1.165, 1.54) is 14.2 Å². The molecule has 6 heteroatoms. The first kappa shape index (κ1) is 17.6. The van der Waals surface area contributed by atoms with Crippen molar-refractivity contribution in [2.24, 2.45) is 0 Å². The molecule has 0 amide bonds. The van der Waals surface area contributed by atoms with Gasteiger partial charge < -0.3 is 19.7 Å². The average molecular weight is 374 g/mol. The SMILES string of the molecule is COc1cc(-c2nc3ccccc3nc2-c2ccc(O)c(OC)c2)ccc1O. The molecule has 2 N–H and O–H groups in total. The van der Waals surface area contributed by atoms with Gasteiger partial charge in [0.2, 0.25) is 0 Å². The minimum atomic E-state index is 0.0489. The molecule has 0 saturated carbocycles. The van der Waals surface area contributed by atoms with E-state index in [0.717, 1.165) is 22.2 Å². The molecule has 4 aromatic rings. The van der Waals surface area contributed by atoms with Crippen LogP contribution in [0.2, 0.25) is 0 Å². The molecular weight excluding hydrogens is 356 g/mol. The van der Waals surface area contributed by atoms with Gasteiger partial charge in [0.15, 0.2) is 23.0 Å². The first-order valence-electron chi connectivity index (χ1n) is 8.62. The van der Waals surface area contributed by atoms with Gasteiger partial charge in [-0.1, -0.05) is 12.1 Å². The third-order valence-electron chi connectivity index (χ3n) is 4.48. The van der Waals surface area contributed by atoms with E-state index in [9.17, 15) is 10.2 Å². The zero-order chi connectivity index (χ0) is 19.7. The standard InChI is InChI=1S/C22H18N2O4/c1-27-19-11-13(7-9-17(19)25)21-22(14-8-10-18(26)20(12-14)28-2)24-16-6-4-3-5-15(16)23-21/h3-12,25-26H,1-2H3. The van der Waals surface area contributed by atoms with Crippen LogP contribution in [-0.4, -0.2) is 34.4 Å². The Morgan fingerprint density at radius 3 is 1.46 bits per heavy atom. The molecule has 1 heterocycles. The molecular formula is C22H18N2O4. The highest BCUT2D eigenvalue weighted by Gasteiger charge is 2.16. The first-order chi connectivity index (χ1) is 13.6. The van der Waals surface area contributed by atoms with E-state index >= 15 is 0 Å². The van der Waals surface area contributed by atoms with Gasteiger partial charge in [-0.3, -0.25) is 0 Å². The summed E-state index contributed by atoms with van der Waals surface area (Å²) in [6.45, 7) is 0. The molecule has 1 aromatic heterocycles. The molecule has 0 bridgehead atoms. The fourth-order valence-electron chi connectivity index (χ4n) is 3.05. The van der Waals surface area contributed by atoms with Crippen molar-refractivity contribution in [1.82, 2.24) is 9.97 Å². The molecule has 0 saturated heterocycles. The number of rotatable bonds is 4. The van der Waals surface area contributed by atoms with Crippen LogP contribution in [0.5, 0.6) is 23.0 Å². The largest absolute Gasteiger partial charge is 0.504 e. The van der Waals surface area contributed by atoms with Crippen LogP contribution < -0.4 is 9.47 Å². The van der Waals surface area contributed by atoms with Crippen molar-refractivity contribution in [3.63, 3.8) is 0 Å². The van der Waals surface area contributed by atoms with E-state index in [1.54, 1.807) is 36.4 Å². The number of benzene rings is 3. The van der Waals surface area contributed by atoms with E-state index in [4.69, 9.17) is 19.4 Å². The van der Waals surface area contributed by atoms with Crippen LogP contribution in [0.4, 0.5) is 0 Å². The number of hydrogen-bond donors (Lipinski definition) is 2. The van der Waals surface area contributed by atoms with Crippen molar-refractivity contribution < 1.29 is 19.7 Å². The average Bonchev–Trinajstić information content (AvgIpc) is 2.73. The zero-order valence-corrected chi connectivity index (χ0v) is 15.4. The summed E-state index contributed by atoms with van der Waals surface area (Å²) >= 11 is 0. The molecule has 4 rings (SSSR count). The van der Waals surface area contributed by atoms with Gasteiger partial charge in [0.05, 0.1) is 36.6 Å². The maximum atomic E-state index is 9.93. The maximum absolute atomic E-state index is 9.93. The monoisotopic (exact) mass is 374 g/mol. The van der Waals surface area contributed by atoms with Crippen molar-refractivity contribution in [2.45, 2.75) is 0 Å². The summed E-state index contributed by atoms with van der Waals surface area (Å²) in [6, 6.07) is 17.7. The summed E-state index contributed by atoms with van der Waals surface area (Å²) < 4.78 is 10.5. The quantitative estimate of drug-likeness (QED) is 0.551. The number of ether oxygens (including phenoxy) is 2. The van der Waals surface area contributed by atoms with Gasteiger partial charge in [0.25, 0.3) is 0 Å². The van der Waals surface area contributed by atoms with E-state index in [1.807, 2.05) is 24.3 Å². The lowest BCUT2D eigenvalue weighted by Crippen LogP contribution is -1.96. The summed E-state index contributed by atoms with van der Waals surface area (Å²) in [7, 11) is 2.99. The molecule has 0 fully saturated rings. The summed E-state index contributed by atoms with van der Waals surface area (Å²) in [5.41, 5.74) is 4.25. The third kappa shape index (κ3) is 3.05. The maximum Gasteiger partial charge on any atom is 0.161 e. The summed E-state index contributed by atoms with van der Waals surface area (Å²) in [4.78, 5) is 9.60. The number of hydrogen-bond acceptors (Lipinski definition) is 6. The number of fused-ring (bicyclic) bond motifs is 1. The second kappa shape index (κ2) is 7.08. The predicted molar refractivity (Wildman–Crippen MR) is 107 cm³/mol. The van der Waals surface area contributed by atoms with Crippen LogP contribution in [0, 0.1) is 0 Å². The van der Waals surface area contributed by atoms with E-state index in [0.29, 0.717) is 22.9 Å². The normalized spacial score (nSPS) is 10.8. The van der Waals surface area contributed by atoms with Crippen LogP contribution in [-0.2, 0) is 0 Å². The highest BCUT2D eigenvalue weighted by atomic mass is 16.5. The summed E-state index contributed by atoms with van der Waals surface area (Å²) in [5.74, 6) is 0.795. The van der Waals surface area contributed by atoms with Crippen LogP contribution in [0.15, 0.2) is 60.7 Å². The number of aromatic hydroxyl groups is 2. The number of para-hydroxylation sites is 2. The minimum Gasteiger partial charge on any atom is -0.504 e.